The fraction of sp³-hybridized carbons (Fsp3) is 0.769. The highest BCUT2D eigenvalue weighted by atomic mass is 16.3. The Morgan fingerprint density at radius 2 is 2.18 bits per heavy atom. The molecule has 1 unspecified atom stereocenters. The van der Waals surface area contributed by atoms with Gasteiger partial charge in [-0.3, -0.25) is 4.68 Å². The van der Waals surface area contributed by atoms with Gasteiger partial charge in [0.2, 0.25) is 0 Å². The Morgan fingerprint density at radius 1 is 1.41 bits per heavy atom. The number of hydrogen-bond acceptors (Lipinski definition) is 3. The molecule has 4 nitrogen and oxygen atoms in total. The molecule has 0 aromatic carbocycles. The van der Waals surface area contributed by atoms with Crippen molar-refractivity contribution in [3.8, 4) is 0 Å². The lowest BCUT2D eigenvalue weighted by Gasteiger charge is -2.23. The number of hydrogen-bond donors (Lipinski definition) is 2. The van der Waals surface area contributed by atoms with E-state index in [2.05, 4.69) is 17.3 Å². The molecule has 0 spiro atoms. The van der Waals surface area contributed by atoms with E-state index in [1.54, 1.807) is 6.20 Å². The van der Waals surface area contributed by atoms with Crippen molar-refractivity contribution in [3.63, 3.8) is 0 Å². The van der Waals surface area contributed by atoms with Crippen LogP contribution in [0.2, 0.25) is 0 Å². The Balaban J connectivity index is 2.26. The lowest BCUT2D eigenvalue weighted by atomic mass is 9.95. The third-order valence-electron chi connectivity index (χ3n) is 3.11. The summed E-state index contributed by atoms with van der Waals surface area (Å²) >= 11 is 0. The Morgan fingerprint density at radius 3 is 2.76 bits per heavy atom. The molecule has 0 amide bonds. The summed E-state index contributed by atoms with van der Waals surface area (Å²) in [5.74, 6) is 0. The molecule has 0 bridgehead atoms. The van der Waals surface area contributed by atoms with Crippen LogP contribution in [-0.2, 0) is 13.5 Å². The Bertz CT molecular complexity index is 320. The molecule has 0 aliphatic carbocycles. The van der Waals surface area contributed by atoms with Gasteiger partial charge < -0.3 is 10.4 Å². The van der Waals surface area contributed by atoms with Crippen molar-refractivity contribution in [2.24, 2.45) is 7.05 Å². The van der Waals surface area contributed by atoms with Crippen molar-refractivity contribution in [1.29, 1.82) is 0 Å². The molecule has 17 heavy (non-hydrogen) atoms. The van der Waals surface area contributed by atoms with Gasteiger partial charge in [0.1, 0.15) is 0 Å². The van der Waals surface area contributed by atoms with Crippen LogP contribution in [0, 0.1) is 0 Å². The lowest BCUT2D eigenvalue weighted by molar-refractivity contribution is 0.0422. The van der Waals surface area contributed by atoms with Crippen molar-refractivity contribution in [2.45, 2.75) is 45.1 Å². The van der Waals surface area contributed by atoms with E-state index >= 15 is 0 Å². The molecule has 0 saturated carbocycles. The van der Waals surface area contributed by atoms with Gasteiger partial charge in [-0.15, -0.1) is 0 Å². The molecule has 0 saturated heterocycles. The number of aliphatic hydroxyl groups is 1. The van der Waals surface area contributed by atoms with Gasteiger partial charge in [-0.2, -0.15) is 5.10 Å². The second-order valence-corrected chi connectivity index (χ2v) is 4.94. The normalized spacial score (nSPS) is 14.8. The van der Waals surface area contributed by atoms with Gasteiger partial charge in [-0.1, -0.05) is 6.92 Å². The largest absolute Gasteiger partial charge is 0.390 e. The Kier molecular flexibility index (Phi) is 5.65. The predicted octanol–water partition coefficient (Wildman–Crippen LogP) is 1.49. The zero-order chi connectivity index (χ0) is 12.7. The smallest absolute Gasteiger partial charge is 0.0635 e. The minimum atomic E-state index is -0.592. The second kappa shape index (κ2) is 6.77. The molecule has 1 aromatic heterocycles. The number of aryl methyl sites for hydroxylation is 2. The van der Waals surface area contributed by atoms with Crippen molar-refractivity contribution in [1.82, 2.24) is 15.1 Å². The maximum absolute atomic E-state index is 10.2. The third kappa shape index (κ3) is 5.33. The van der Waals surface area contributed by atoms with Crippen LogP contribution < -0.4 is 5.32 Å². The first-order chi connectivity index (χ1) is 8.05. The molecule has 0 aliphatic rings. The molecule has 2 N–H and O–H groups in total. The average Bonchev–Trinajstić information content (AvgIpc) is 2.68. The van der Waals surface area contributed by atoms with Gasteiger partial charge in [0.15, 0.2) is 0 Å². The fourth-order valence-corrected chi connectivity index (χ4v) is 1.83. The monoisotopic (exact) mass is 239 g/mol. The molecule has 1 atom stereocenters. The first kappa shape index (κ1) is 14.2. The van der Waals surface area contributed by atoms with Crippen molar-refractivity contribution in [3.05, 3.63) is 18.0 Å². The molecule has 98 valence electrons. The minimum Gasteiger partial charge on any atom is -0.390 e. The van der Waals surface area contributed by atoms with Crippen molar-refractivity contribution < 1.29 is 5.11 Å². The van der Waals surface area contributed by atoms with E-state index in [1.165, 1.54) is 5.69 Å². The van der Waals surface area contributed by atoms with E-state index in [9.17, 15) is 5.11 Å². The van der Waals surface area contributed by atoms with E-state index in [4.69, 9.17) is 0 Å². The fourth-order valence-electron chi connectivity index (χ4n) is 1.83. The Labute approximate surface area is 104 Å². The molecular formula is C13H25N3O. The summed E-state index contributed by atoms with van der Waals surface area (Å²) in [7, 11) is 1.94. The maximum Gasteiger partial charge on any atom is 0.0635 e. The number of aromatic nitrogens is 2. The summed E-state index contributed by atoms with van der Waals surface area (Å²) in [5, 5.41) is 17.7. The summed E-state index contributed by atoms with van der Waals surface area (Å²) in [6.07, 6.45) is 5.38. The quantitative estimate of drug-likeness (QED) is 0.676. The average molecular weight is 239 g/mol. The summed E-state index contributed by atoms with van der Waals surface area (Å²) in [5.41, 5.74) is 0.581. The molecule has 1 heterocycles. The molecule has 0 fully saturated rings. The van der Waals surface area contributed by atoms with E-state index in [-0.39, 0.29) is 0 Å². The van der Waals surface area contributed by atoms with E-state index in [1.807, 2.05) is 24.7 Å². The van der Waals surface area contributed by atoms with Crippen LogP contribution >= 0.6 is 0 Å². The van der Waals surface area contributed by atoms with Crippen molar-refractivity contribution in [2.75, 3.05) is 13.1 Å². The molecule has 4 heteroatoms. The standard InChI is InChI=1S/C13H25N3O/c1-4-9-14-11-8-13(2,17)7-5-12-6-10-15-16(12)3/h6,10,14,17H,4-5,7-9,11H2,1-3H3. The van der Waals surface area contributed by atoms with Crippen LogP contribution in [0.5, 0.6) is 0 Å². The molecule has 1 rings (SSSR count). The van der Waals surface area contributed by atoms with E-state index in [0.29, 0.717) is 0 Å². The van der Waals surface area contributed by atoms with E-state index in [0.717, 1.165) is 38.8 Å². The van der Waals surface area contributed by atoms with Gasteiger partial charge in [-0.05, 0) is 51.8 Å². The topological polar surface area (TPSA) is 50.1 Å². The van der Waals surface area contributed by atoms with Gasteiger partial charge in [0.25, 0.3) is 0 Å². The van der Waals surface area contributed by atoms with E-state index < -0.39 is 5.60 Å². The van der Waals surface area contributed by atoms with Crippen LogP contribution in [-0.4, -0.2) is 33.6 Å². The van der Waals surface area contributed by atoms with Crippen LogP contribution in [0.3, 0.4) is 0 Å². The molecular weight excluding hydrogens is 214 g/mol. The minimum absolute atomic E-state index is 0.592. The highest BCUT2D eigenvalue weighted by Gasteiger charge is 2.19. The predicted molar refractivity (Wildman–Crippen MR) is 69.9 cm³/mol. The molecule has 1 aromatic rings. The van der Waals surface area contributed by atoms with Crippen LogP contribution in [0.15, 0.2) is 12.3 Å². The van der Waals surface area contributed by atoms with Crippen LogP contribution in [0.4, 0.5) is 0 Å². The maximum atomic E-state index is 10.2. The van der Waals surface area contributed by atoms with Gasteiger partial charge in [0.05, 0.1) is 5.60 Å². The summed E-state index contributed by atoms with van der Waals surface area (Å²) in [6, 6.07) is 2.01. The first-order valence-corrected chi connectivity index (χ1v) is 6.45. The number of nitrogens with one attached hydrogen (secondary N) is 1. The molecule has 0 radical (unpaired) electrons. The van der Waals surface area contributed by atoms with Crippen molar-refractivity contribution >= 4 is 0 Å². The second-order valence-electron chi connectivity index (χ2n) is 4.94. The lowest BCUT2D eigenvalue weighted by Crippen LogP contribution is -2.31. The summed E-state index contributed by atoms with van der Waals surface area (Å²) < 4.78 is 1.87. The summed E-state index contributed by atoms with van der Waals surface area (Å²) in [4.78, 5) is 0. The first-order valence-electron chi connectivity index (χ1n) is 6.45. The zero-order valence-corrected chi connectivity index (χ0v) is 11.2. The number of nitrogens with zero attached hydrogens (tertiary/aromatic N) is 2. The van der Waals surface area contributed by atoms with Crippen LogP contribution in [0.1, 0.15) is 38.8 Å². The highest BCUT2D eigenvalue weighted by Crippen LogP contribution is 2.16. The SMILES string of the molecule is CCCNCCC(C)(O)CCc1ccnn1C. The van der Waals surface area contributed by atoms with Gasteiger partial charge in [0, 0.05) is 18.9 Å². The highest BCUT2D eigenvalue weighted by molar-refractivity contribution is 5.00. The van der Waals surface area contributed by atoms with Gasteiger partial charge >= 0.3 is 0 Å². The number of rotatable bonds is 8. The Hall–Kier alpha value is -0.870. The molecule has 0 aliphatic heterocycles. The summed E-state index contributed by atoms with van der Waals surface area (Å²) in [6.45, 7) is 5.97. The zero-order valence-electron chi connectivity index (χ0n) is 11.2. The van der Waals surface area contributed by atoms with Crippen LogP contribution in [0.25, 0.3) is 0 Å². The van der Waals surface area contributed by atoms with Gasteiger partial charge in [-0.25, -0.2) is 0 Å². The third-order valence-corrected chi connectivity index (χ3v) is 3.11.